The Bertz CT molecular complexity index is 342. The van der Waals surface area contributed by atoms with Crippen molar-refractivity contribution in [3.63, 3.8) is 0 Å². The van der Waals surface area contributed by atoms with Crippen LogP contribution in [0, 0.1) is 5.92 Å². The highest BCUT2D eigenvalue weighted by Crippen LogP contribution is 2.26. The molecule has 1 aliphatic heterocycles. The zero-order valence-electron chi connectivity index (χ0n) is 10.4. The molecule has 2 rings (SSSR count). The second-order valence-electron chi connectivity index (χ2n) is 5.39. The van der Waals surface area contributed by atoms with Crippen LogP contribution in [0.2, 0.25) is 0 Å². The zero-order valence-corrected chi connectivity index (χ0v) is 10.4. The lowest BCUT2D eigenvalue weighted by Crippen LogP contribution is -2.31. The number of benzene rings is 1. The fourth-order valence-corrected chi connectivity index (χ4v) is 2.53. The topological polar surface area (TPSA) is 21.3 Å². The summed E-state index contributed by atoms with van der Waals surface area (Å²) in [6.45, 7) is 5.70. The number of ether oxygens (including phenoxy) is 1. The Morgan fingerprint density at radius 3 is 2.50 bits per heavy atom. The van der Waals surface area contributed by atoms with Gasteiger partial charge in [0.15, 0.2) is 0 Å². The van der Waals surface area contributed by atoms with E-state index < -0.39 is 0 Å². The van der Waals surface area contributed by atoms with E-state index in [4.69, 9.17) is 4.74 Å². The minimum Gasteiger partial charge on any atom is -0.497 e. The molecular formula is C14H21NO. The van der Waals surface area contributed by atoms with Crippen LogP contribution in [0.25, 0.3) is 0 Å². The molecule has 1 saturated heterocycles. The molecule has 16 heavy (non-hydrogen) atoms. The van der Waals surface area contributed by atoms with Crippen molar-refractivity contribution in [2.24, 2.45) is 5.92 Å². The van der Waals surface area contributed by atoms with Gasteiger partial charge in [-0.2, -0.15) is 0 Å². The van der Waals surface area contributed by atoms with Gasteiger partial charge in [-0.1, -0.05) is 12.1 Å². The lowest BCUT2D eigenvalue weighted by molar-refractivity contribution is 0.414. The van der Waals surface area contributed by atoms with Crippen molar-refractivity contribution in [3.05, 3.63) is 29.8 Å². The molecule has 0 aromatic heterocycles. The average molecular weight is 219 g/mol. The van der Waals surface area contributed by atoms with E-state index in [9.17, 15) is 0 Å². The monoisotopic (exact) mass is 219 g/mol. The first kappa shape index (κ1) is 11.5. The van der Waals surface area contributed by atoms with Crippen LogP contribution in [-0.2, 0) is 6.42 Å². The fraction of sp³-hybridized carbons (Fsp3) is 0.571. The number of nitrogens with one attached hydrogen (secondary N) is 1. The molecule has 1 unspecified atom stereocenters. The number of rotatable bonds is 3. The average Bonchev–Trinajstić information content (AvgIpc) is 2.59. The van der Waals surface area contributed by atoms with Crippen LogP contribution < -0.4 is 10.1 Å². The van der Waals surface area contributed by atoms with Crippen LogP contribution in [0.5, 0.6) is 5.75 Å². The van der Waals surface area contributed by atoms with Crippen LogP contribution in [0.1, 0.15) is 25.8 Å². The third-order valence-corrected chi connectivity index (χ3v) is 3.35. The second kappa shape index (κ2) is 4.46. The van der Waals surface area contributed by atoms with Gasteiger partial charge in [-0.25, -0.2) is 0 Å². The molecule has 2 nitrogen and oxygen atoms in total. The van der Waals surface area contributed by atoms with E-state index in [2.05, 4.69) is 31.3 Å². The van der Waals surface area contributed by atoms with Crippen molar-refractivity contribution in [3.8, 4) is 5.75 Å². The quantitative estimate of drug-likeness (QED) is 0.843. The Hall–Kier alpha value is -1.02. The molecule has 0 bridgehead atoms. The van der Waals surface area contributed by atoms with Gasteiger partial charge in [0.2, 0.25) is 0 Å². The molecule has 0 aliphatic carbocycles. The zero-order chi connectivity index (χ0) is 11.6. The molecule has 0 radical (unpaired) electrons. The lowest BCUT2D eigenvalue weighted by Gasteiger charge is -2.17. The fourth-order valence-electron chi connectivity index (χ4n) is 2.53. The van der Waals surface area contributed by atoms with E-state index in [0.717, 1.165) is 18.2 Å². The molecule has 1 fully saturated rings. The SMILES string of the molecule is COc1ccc(CC2CNC(C)(C)C2)cc1. The minimum atomic E-state index is 0.317. The third kappa shape index (κ3) is 2.76. The standard InChI is InChI=1S/C14H21NO/c1-14(2)9-12(10-15-14)8-11-4-6-13(16-3)7-5-11/h4-7,12,15H,8-10H2,1-3H3. The summed E-state index contributed by atoms with van der Waals surface area (Å²) in [6, 6.07) is 8.43. The predicted octanol–water partition coefficient (Wildman–Crippen LogP) is 2.63. The van der Waals surface area contributed by atoms with Crippen molar-refractivity contribution in [1.82, 2.24) is 5.32 Å². The van der Waals surface area contributed by atoms with Gasteiger partial charge in [0, 0.05) is 5.54 Å². The Morgan fingerprint density at radius 2 is 2.00 bits per heavy atom. The maximum atomic E-state index is 5.16. The van der Waals surface area contributed by atoms with Crippen molar-refractivity contribution in [2.75, 3.05) is 13.7 Å². The maximum Gasteiger partial charge on any atom is 0.118 e. The van der Waals surface area contributed by atoms with Gasteiger partial charge in [-0.05, 0) is 56.8 Å². The summed E-state index contributed by atoms with van der Waals surface area (Å²) in [5.41, 5.74) is 1.72. The van der Waals surface area contributed by atoms with E-state index >= 15 is 0 Å². The van der Waals surface area contributed by atoms with Crippen molar-refractivity contribution >= 4 is 0 Å². The van der Waals surface area contributed by atoms with Crippen LogP contribution in [0.15, 0.2) is 24.3 Å². The van der Waals surface area contributed by atoms with E-state index in [-0.39, 0.29) is 0 Å². The molecule has 0 amide bonds. The lowest BCUT2D eigenvalue weighted by atomic mass is 9.92. The maximum absolute atomic E-state index is 5.16. The largest absolute Gasteiger partial charge is 0.497 e. The number of hydrogen-bond donors (Lipinski definition) is 1. The van der Waals surface area contributed by atoms with Crippen molar-refractivity contribution < 1.29 is 4.74 Å². The second-order valence-corrected chi connectivity index (χ2v) is 5.39. The van der Waals surface area contributed by atoms with Gasteiger partial charge in [0.25, 0.3) is 0 Å². The molecule has 1 aliphatic rings. The molecular weight excluding hydrogens is 198 g/mol. The van der Waals surface area contributed by atoms with Crippen LogP contribution in [-0.4, -0.2) is 19.2 Å². The number of hydrogen-bond acceptors (Lipinski definition) is 2. The van der Waals surface area contributed by atoms with E-state index in [1.807, 2.05) is 12.1 Å². The normalized spacial score (nSPS) is 23.3. The Balaban J connectivity index is 1.94. The summed E-state index contributed by atoms with van der Waals surface area (Å²) in [4.78, 5) is 0. The van der Waals surface area contributed by atoms with Gasteiger partial charge >= 0.3 is 0 Å². The summed E-state index contributed by atoms with van der Waals surface area (Å²) < 4.78 is 5.16. The van der Waals surface area contributed by atoms with E-state index in [1.165, 1.54) is 18.4 Å². The van der Waals surface area contributed by atoms with Crippen LogP contribution in [0.4, 0.5) is 0 Å². The smallest absolute Gasteiger partial charge is 0.118 e. The first-order valence-electron chi connectivity index (χ1n) is 5.97. The van der Waals surface area contributed by atoms with Gasteiger partial charge in [0.1, 0.15) is 5.75 Å². The highest BCUT2D eigenvalue weighted by molar-refractivity contribution is 5.27. The Kier molecular flexibility index (Phi) is 3.20. The van der Waals surface area contributed by atoms with Gasteiger partial charge in [-0.15, -0.1) is 0 Å². The molecule has 1 aromatic rings. The predicted molar refractivity (Wildman–Crippen MR) is 66.9 cm³/mol. The highest BCUT2D eigenvalue weighted by Gasteiger charge is 2.29. The molecule has 1 heterocycles. The van der Waals surface area contributed by atoms with Gasteiger partial charge in [0.05, 0.1) is 7.11 Å². The highest BCUT2D eigenvalue weighted by atomic mass is 16.5. The summed E-state index contributed by atoms with van der Waals surface area (Å²) in [5.74, 6) is 1.71. The summed E-state index contributed by atoms with van der Waals surface area (Å²) >= 11 is 0. The molecule has 1 N–H and O–H groups in total. The van der Waals surface area contributed by atoms with Crippen LogP contribution in [0.3, 0.4) is 0 Å². The van der Waals surface area contributed by atoms with Crippen molar-refractivity contribution in [2.45, 2.75) is 32.2 Å². The minimum absolute atomic E-state index is 0.317. The molecule has 2 heteroatoms. The van der Waals surface area contributed by atoms with Crippen molar-refractivity contribution in [1.29, 1.82) is 0 Å². The van der Waals surface area contributed by atoms with E-state index in [0.29, 0.717) is 5.54 Å². The number of methoxy groups -OCH3 is 1. The molecule has 1 atom stereocenters. The summed E-state index contributed by atoms with van der Waals surface area (Å²) in [5, 5.41) is 3.56. The molecule has 0 saturated carbocycles. The first-order chi connectivity index (χ1) is 7.59. The van der Waals surface area contributed by atoms with Crippen LogP contribution >= 0.6 is 0 Å². The van der Waals surface area contributed by atoms with Gasteiger partial charge < -0.3 is 10.1 Å². The Morgan fingerprint density at radius 1 is 1.31 bits per heavy atom. The van der Waals surface area contributed by atoms with E-state index in [1.54, 1.807) is 7.11 Å². The Labute approximate surface area is 98.0 Å². The van der Waals surface area contributed by atoms with Gasteiger partial charge in [-0.3, -0.25) is 0 Å². The molecule has 1 aromatic carbocycles. The summed E-state index contributed by atoms with van der Waals surface area (Å²) in [7, 11) is 1.71. The molecule has 0 spiro atoms. The third-order valence-electron chi connectivity index (χ3n) is 3.35. The first-order valence-corrected chi connectivity index (χ1v) is 5.97. The summed E-state index contributed by atoms with van der Waals surface area (Å²) in [6.07, 6.45) is 2.43. The molecule has 88 valence electrons.